The third-order valence-corrected chi connectivity index (χ3v) is 7.31. The van der Waals surface area contributed by atoms with Crippen LogP contribution >= 0.6 is 0 Å². The Balaban J connectivity index is 1.69. The van der Waals surface area contributed by atoms with E-state index in [1.165, 1.54) is 31.6 Å². The molecule has 0 aliphatic heterocycles. The smallest absolute Gasteiger partial charge is 0.266 e. The van der Waals surface area contributed by atoms with Gasteiger partial charge in [-0.25, -0.2) is 22.7 Å². The Morgan fingerprint density at radius 2 is 1.76 bits per heavy atom. The Hall–Kier alpha value is -5.44. The van der Waals surface area contributed by atoms with Gasteiger partial charge in [-0.1, -0.05) is 12.1 Å². The number of carbonyl (C=O) groups is 3. The van der Waals surface area contributed by atoms with Crippen molar-refractivity contribution in [2.24, 2.45) is 5.73 Å². The predicted molar refractivity (Wildman–Crippen MR) is 155 cm³/mol. The maximum absolute atomic E-state index is 14.8. The molecule has 0 radical (unpaired) electrons. The van der Waals surface area contributed by atoms with Crippen molar-refractivity contribution >= 4 is 62.8 Å². The van der Waals surface area contributed by atoms with Crippen molar-refractivity contribution in [2.75, 3.05) is 33.1 Å². The number of amides is 3. The molecule has 2 heterocycles. The number of nitrogens with one attached hydrogen (secondary N) is 2. The van der Waals surface area contributed by atoms with E-state index in [1.807, 2.05) is 0 Å². The summed E-state index contributed by atoms with van der Waals surface area (Å²) in [4.78, 5) is 50.0. The van der Waals surface area contributed by atoms with Gasteiger partial charge in [0, 0.05) is 25.6 Å². The molecule has 3 amide bonds. The lowest BCUT2D eigenvalue weighted by molar-refractivity contribution is -0.106. The molecule has 0 saturated carbocycles. The van der Waals surface area contributed by atoms with Crippen LogP contribution in [0.25, 0.3) is 0 Å². The lowest BCUT2D eigenvalue weighted by Crippen LogP contribution is -2.30. The number of halogens is 1. The van der Waals surface area contributed by atoms with Crippen LogP contribution in [0.1, 0.15) is 26.3 Å². The molecule has 13 nitrogen and oxygen atoms in total. The van der Waals surface area contributed by atoms with Crippen molar-refractivity contribution in [2.45, 2.75) is 6.92 Å². The number of anilines is 6. The molecular weight excluding hydrogens is 567 g/mol. The largest absolute Gasteiger partial charge is 0.365 e. The van der Waals surface area contributed by atoms with Gasteiger partial charge in [-0.15, -0.1) is 0 Å². The summed E-state index contributed by atoms with van der Waals surface area (Å²) in [5, 5.41) is 5.57. The van der Waals surface area contributed by atoms with Crippen LogP contribution in [0.5, 0.6) is 0 Å². The fourth-order valence-corrected chi connectivity index (χ4v) is 4.32. The molecule has 0 aliphatic rings. The number of aryl methyl sites for hydroxylation is 1. The zero-order chi connectivity index (χ0) is 30.6. The average molecular weight is 593 g/mol. The monoisotopic (exact) mass is 592 g/mol. The summed E-state index contributed by atoms with van der Waals surface area (Å²) in [7, 11) is -2.27. The number of aromatic nitrogens is 3. The molecule has 4 rings (SSSR count). The molecule has 4 aromatic rings. The first kappa shape index (κ1) is 29.5. The van der Waals surface area contributed by atoms with Crippen molar-refractivity contribution in [1.82, 2.24) is 15.0 Å². The van der Waals surface area contributed by atoms with Crippen LogP contribution in [0.2, 0.25) is 0 Å². The second-order valence-corrected chi connectivity index (χ2v) is 11.0. The Morgan fingerprint density at radius 1 is 1.02 bits per heavy atom. The minimum absolute atomic E-state index is 0.0481. The first-order valence-electron chi connectivity index (χ1n) is 12.1. The minimum atomic E-state index is -3.63. The first-order valence-corrected chi connectivity index (χ1v) is 14.0. The van der Waals surface area contributed by atoms with Crippen LogP contribution in [-0.2, 0) is 14.8 Å². The number of para-hydroxylation sites is 2. The van der Waals surface area contributed by atoms with E-state index in [9.17, 15) is 27.2 Å². The number of imide groups is 1. The zero-order valence-corrected chi connectivity index (χ0v) is 23.4. The second kappa shape index (κ2) is 12.0. The summed E-state index contributed by atoms with van der Waals surface area (Å²) >= 11 is 0. The summed E-state index contributed by atoms with van der Waals surface area (Å²) in [6.45, 7) is 1.69. The molecule has 216 valence electrons. The molecule has 42 heavy (non-hydrogen) atoms. The average Bonchev–Trinajstić information content (AvgIpc) is 2.94. The standard InChI is InChI=1S/C27H25FN8O5S/c1-16-10-11-30-13-18(16)26(39)36(15-37)17-8-9-20(28)22(12-17)33-27-31-14-19(24(29)38)25(34-27)32-21-6-4-5-7-23(21)35(2)42(3,40)41/h4-15H,1-3H3,(H2,29,38)(H2,31,32,33,34). The number of primary amides is 1. The van der Waals surface area contributed by atoms with Gasteiger partial charge in [0.1, 0.15) is 17.2 Å². The molecule has 0 spiro atoms. The Bertz CT molecular complexity index is 1800. The molecule has 4 N–H and O–H groups in total. The van der Waals surface area contributed by atoms with E-state index in [-0.39, 0.29) is 45.6 Å². The molecule has 0 unspecified atom stereocenters. The normalized spacial score (nSPS) is 11.0. The number of rotatable bonds is 10. The molecule has 0 fully saturated rings. The maximum atomic E-state index is 14.8. The van der Waals surface area contributed by atoms with Crippen molar-refractivity contribution in [3.05, 3.63) is 89.6 Å². The fourth-order valence-electron chi connectivity index (χ4n) is 3.80. The van der Waals surface area contributed by atoms with Crippen LogP contribution in [0.3, 0.4) is 0 Å². The molecule has 0 bridgehead atoms. The highest BCUT2D eigenvalue weighted by molar-refractivity contribution is 7.92. The lowest BCUT2D eigenvalue weighted by atomic mass is 10.1. The Kier molecular flexibility index (Phi) is 8.42. The van der Waals surface area contributed by atoms with E-state index < -0.39 is 27.7 Å². The summed E-state index contributed by atoms with van der Waals surface area (Å²) in [6, 6.07) is 11.5. The summed E-state index contributed by atoms with van der Waals surface area (Å²) < 4.78 is 40.2. The number of benzene rings is 2. The number of hydrogen-bond donors (Lipinski definition) is 3. The van der Waals surface area contributed by atoms with Crippen LogP contribution < -0.4 is 25.6 Å². The Labute approximate surface area is 240 Å². The highest BCUT2D eigenvalue weighted by atomic mass is 32.2. The summed E-state index contributed by atoms with van der Waals surface area (Å²) in [6.07, 6.45) is 5.27. The van der Waals surface area contributed by atoms with Gasteiger partial charge >= 0.3 is 0 Å². The summed E-state index contributed by atoms with van der Waals surface area (Å²) in [5.74, 6) is -2.58. The van der Waals surface area contributed by atoms with E-state index in [1.54, 1.807) is 37.3 Å². The van der Waals surface area contributed by atoms with Gasteiger partial charge in [0.15, 0.2) is 0 Å². The molecule has 0 saturated heterocycles. The van der Waals surface area contributed by atoms with Crippen molar-refractivity contribution < 1.29 is 27.2 Å². The number of sulfonamides is 1. The predicted octanol–water partition coefficient (Wildman–Crippen LogP) is 3.10. The number of nitrogens with two attached hydrogens (primary N) is 1. The van der Waals surface area contributed by atoms with E-state index in [4.69, 9.17) is 5.73 Å². The molecule has 0 atom stereocenters. The maximum Gasteiger partial charge on any atom is 0.266 e. The van der Waals surface area contributed by atoms with Crippen molar-refractivity contribution in [3.8, 4) is 0 Å². The van der Waals surface area contributed by atoms with Crippen LogP contribution in [0.4, 0.5) is 38.9 Å². The van der Waals surface area contributed by atoms with Gasteiger partial charge in [0.2, 0.25) is 22.4 Å². The van der Waals surface area contributed by atoms with Crippen molar-refractivity contribution in [3.63, 3.8) is 0 Å². The fraction of sp³-hybridized carbons (Fsp3) is 0.111. The molecule has 2 aromatic carbocycles. The lowest BCUT2D eigenvalue weighted by Gasteiger charge is -2.21. The highest BCUT2D eigenvalue weighted by Crippen LogP contribution is 2.31. The molecular formula is C27H25FN8O5S. The van der Waals surface area contributed by atoms with E-state index >= 15 is 0 Å². The van der Waals surface area contributed by atoms with E-state index in [2.05, 4.69) is 25.6 Å². The molecule has 15 heteroatoms. The molecule has 0 aliphatic carbocycles. The van der Waals surface area contributed by atoms with Gasteiger partial charge < -0.3 is 16.4 Å². The second-order valence-electron chi connectivity index (χ2n) is 8.95. The van der Waals surface area contributed by atoms with Crippen LogP contribution in [-0.4, -0.2) is 54.9 Å². The number of nitrogens with zero attached hydrogens (tertiary/aromatic N) is 5. The summed E-state index contributed by atoms with van der Waals surface area (Å²) in [5.41, 5.74) is 6.53. The quantitative estimate of drug-likeness (QED) is 0.232. The minimum Gasteiger partial charge on any atom is -0.365 e. The van der Waals surface area contributed by atoms with E-state index in [0.717, 1.165) is 27.7 Å². The van der Waals surface area contributed by atoms with E-state index in [0.29, 0.717) is 12.0 Å². The van der Waals surface area contributed by atoms with Crippen LogP contribution in [0.15, 0.2) is 67.1 Å². The van der Waals surface area contributed by atoms with Gasteiger partial charge in [-0.3, -0.25) is 23.7 Å². The topological polar surface area (TPSA) is 181 Å². The highest BCUT2D eigenvalue weighted by Gasteiger charge is 2.22. The van der Waals surface area contributed by atoms with Crippen LogP contribution in [0, 0.1) is 12.7 Å². The van der Waals surface area contributed by atoms with Gasteiger partial charge in [0.05, 0.1) is 34.6 Å². The third kappa shape index (κ3) is 6.31. The molecule has 2 aromatic heterocycles. The van der Waals surface area contributed by atoms with Gasteiger partial charge in [-0.2, -0.15) is 4.98 Å². The first-order chi connectivity index (χ1) is 19.9. The van der Waals surface area contributed by atoms with Gasteiger partial charge in [-0.05, 0) is 48.9 Å². The number of hydrogen-bond acceptors (Lipinski definition) is 10. The van der Waals surface area contributed by atoms with Crippen molar-refractivity contribution in [1.29, 1.82) is 0 Å². The number of carbonyl (C=O) groups excluding carboxylic acids is 3. The SMILES string of the molecule is Cc1ccncc1C(=O)N(C=O)c1ccc(F)c(Nc2ncc(C(N)=O)c(Nc3ccccc3N(C)S(C)(=O)=O)n2)c1. The zero-order valence-electron chi connectivity index (χ0n) is 22.6. The Morgan fingerprint density at radius 3 is 2.43 bits per heavy atom. The third-order valence-electron chi connectivity index (χ3n) is 6.12. The van der Waals surface area contributed by atoms with Gasteiger partial charge in [0.25, 0.3) is 11.8 Å². The number of pyridine rings is 1.